The van der Waals surface area contributed by atoms with Crippen LogP contribution in [0.4, 0.5) is 15.8 Å². The lowest BCUT2D eigenvalue weighted by atomic mass is 9.89. The van der Waals surface area contributed by atoms with Crippen molar-refractivity contribution in [1.82, 2.24) is 9.55 Å². The molecule has 5 rings (SSSR count). The van der Waals surface area contributed by atoms with Crippen LogP contribution in [0, 0.1) is 24.6 Å². The number of rotatable bonds is 2. The molecule has 1 aliphatic heterocycles. The quantitative estimate of drug-likeness (QED) is 0.540. The van der Waals surface area contributed by atoms with Crippen LogP contribution in [0.3, 0.4) is 0 Å². The molecule has 5 N–H and O–H groups in total. The summed E-state index contributed by atoms with van der Waals surface area (Å²) < 4.78 is 17.0. The van der Waals surface area contributed by atoms with Gasteiger partial charge < -0.3 is 20.8 Å². The number of benzene rings is 1. The molecule has 4 unspecified atom stereocenters. The third-order valence-electron chi connectivity index (χ3n) is 7.20. The molecule has 9 heteroatoms. The average Bonchev–Trinajstić information content (AvgIpc) is 3.46. The fourth-order valence-corrected chi connectivity index (χ4v) is 5.56. The highest BCUT2D eigenvalue weighted by molar-refractivity contribution is 5.97. The van der Waals surface area contributed by atoms with Gasteiger partial charge in [-0.1, -0.05) is 6.42 Å². The van der Waals surface area contributed by atoms with E-state index in [1.54, 1.807) is 6.92 Å². The molecule has 0 spiro atoms. The number of aliphatic hydroxyl groups excluding tert-OH is 2. The van der Waals surface area contributed by atoms with E-state index in [0.717, 1.165) is 25.7 Å². The van der Waals surface area contributed by atoms with Crippen molar-refractivity contribution in [1.29, 1.82) is 0 Å². The number of aromatic nitrogens is 2. The van der Waals surface area contributed by atoms with Gasteiger partial charge in [0, 0.05) is 30.6 Å². The van der Waals surface area contributed by atoms with Crippen molar-refractivity contribution < 1.29 is 14.6 Å². The average molecular weight is 418 g/mol. The lowest BCUT2D eigenvalue weighted by Gasteiger charge is -2.26. The molecule has 30 heavy (non-hydrogen) atoms. The summed E-state index contributed by atoms with van der Waals surface area (Å²) in [5.41, 5.74) is 5.85. The molecule has 2 saturated carbocycles. The monoisotopic (exact) mass is 418 g/mol. The van der Waals surface area contributed by atoms with Crippen LogP contribution in [0.2, 0.25) is 0 Å². The summed E-state index contributed by atoms with van der Waals surface area (Å²) in [4.78, 5) is 29.2. The summed E-state index contributed by atoms with van der Waals surface area (Å²) in [6, 6.07) is -0.0186. The van der Waals surface area contributed by atoms with Crippen molar-refractivity contribution in [3.05, 3.63) is 32.2 Å². The Morgan fingerprint density at radius 1 is 1.13 bits per heavy atom. The third-order valence-corrected chi connectivity index (χ3v) is 7.20. The Bertz CT molecular complexity index is 1140. The predicted molar refractivity (Wildman–Crippen MR) is 111 cm³/mol. The summed E-state index contributed by atoms with van der Waals surface area (Å²) in [6.07, 6.45) is 2.26. The second kappa shape index (κ2) is 6.81. The Balaban J connectivity index is 1.68. The zero-order valence-corrected chi connectivity index (χ0v) is 16.9. The standard InChI is InChI=1S/C21H27FN4O4/c1-9-17-14(20(29)24-21(30)26(17)11-5-6-11)16(23)15(22)18(9)25-7-10-3-2-4-13(27)19(28)12(10)8-25/h10-13,19,27-28H,2-8,23H2,1H3,(H,24,29,30). The number of fused-ring (bicyclic) bond motifs is 2. The summed E-state index contributed by atoms with van der Waals surface area (Å²) in [6.45, 7) is 2.65. The minimum absolute atomic E-state index is 0.0177. The van der Waals surface area contributed by atoms with E-state index < -0.39 is 29.3 Å². The van der Waals surface area contributed by atoms with Gasteiger partial charge in [-0.05, 0) is 38.5 Å². The minimum Gasteiger partial charge on any atom is -0.396 e. The van der Waals surface area contributed by atoms with Gasteiger partial charge in [0.1, 0.15) is 0 Å². The Morgan fingerprint density at radius 2 is 1.87 bits per heavy atom. The fraction of sp³-hybridized carbons (Fsp3) is 0.619. The summed E-state index contributed by atoms with van der Waals surface area (Å²) in [5.74, 6) is -0.696. The van der Waals surface area contributed by atoms with Gasteiger partial charge in [-0.15, -0.1) is 0 Å². The number of hydrogen-bond donors (Lipinski definition) is 4. The number of anilines is 2. The van der Waals surface area contributed by atoms with Crippen molar-refractivity contribution >= 4 is 22.3 Å². The van der Waals surface area contributed by atoms with E-state index in [2.05, 4.69) is 4.98 Å². The van der Waals surface area contributed by atoms with E-state index in [4.69, 9.17) is 5.73 Å². The molecule has 0 radical (unpaired) electrons. The molecule has 8 nitrogen and oxygen atoms in total. The number of nitrogen functional groups attached to an aromatic ring is 1. The first-order valence-electron chi connectivity index (χ1n) is 10.7. The zero-order valence-electron chi connectivity index (χ0n) is 16.9. The SMILES string of the molecule is Cc1c(N2CC3CCCC(O)C(O)C3C2)c(F)c(N)c2c(=O)[nH]c(=O)n(C3CC3)c12. The van der Waals surface area contributed by atoms with Crippen LogP contribution in [-0.4, -0.2) is 45.1 Å². The number of aromatic amines is 1. The van der Waals surface area contributed by atoms with E-state index >= 15 is 4.39 Å². The van der Waals surface area contributed by atoms with E-state index in [1.165, 1.54) is 4.57 Å². The molecular formula is C21H27FN4O4. The summed E-state index contributed by atoms with van der Waals surface area (Å²) in [7, 11) is 0. The van der Waals surface area contributed by atoms with Gasteiger partial charge >= 0.3 is 5.69 Å². The number of aryl methyl sites for hydroxylation is 1. The van der Waals surface area contributed by atoms with E-state index in [1.807, 2.05) is 4.90 Å². The number of aliphatic hydroxyl groups is 2. The van der Waals surface area contributed by atoms with Crippen LogP contribution in [0.1, 0.15) is 43.7 Å². The lowest BCUT2D eigenvalue weighted by Crippen LogP contribution is -2.36. The van der Waals surface area contributed by atoms with Crippen molar-refractivity contribution in [2.75, 3.05) is 23.7 Å². The van der Waals surface area contributed by atoms with Gasteiger partial charge in [-0.3, -0.25) is 14.3 Å². The second-order valence-corrected chi connectivity index (χ2v) is 9.10. The van der Waals surface area contributed by atoms with Gasteiger partial charge in [0.15, 0.2) is 5.82 Å². The Hall–Kier alpha value is -2.39. The first kappa shape index (κ1) is 19.6. The summed E-state index contributed by atoms with van der Waals surface area (Å²) >= 11 is 0. The first-order valence-corrected chi connectivity index (χ1v) is 10.7. The highest BCUT2D eigenvalue weighted by Gasteiger charge is 2.43. The fourth-order valence-electron chi connectivity index (χ4n) is 5.56. The minimum atomic E-state index is -0.851. The molecule has 3 aliphatic rings. The van der Waals surface area contributed by atoms with Crippen molar-refractivity contribution in [3.63, 3.8) is 0 Å². The molecule has 1 saturated heterocycles. The molecule has 162 valence electrons. The Kier molecular flexibility index (Phi) is 4.44. The van der Waals surface area contributed by atoms with Gasteiger partial charge in [-0.2, -0.15) is 0 Å². The smallest absolute Gasteiger partial charge is 0.329 e. The number of halogens is 1. The number of nitrogens with two attached hydrogens (primary N) is 1. The van der Waals surface area contributed by atoms with Crippen LogP contribution in [0.15, 0.2) is 9.59 Å². The van der Waals surface area contributed by atoms with Gasteiger partial charge in [0.2, 0.25) is 0 Å². The molecule has 2 aliphatic carbocycles. The largest absolute Gasteiger partial charge is 0.396 e. The molecule has 2 aromatic rings. The molecule has 2 heterocycles. The topological polar surface area (TPSA) is 125 Å². The van der Waals surface area contributed by atoms with Gasteiger partial charge in [0.05, 0.1) is 34.5 Å². The number of H-pyrrole nitrogens is 1. The molecular weight excluding hydrogens is 391 g/mol. The van der Waals surface area contributed by atoms with Crippen molar-refractivity contribution in [3.8, 4) is 0 Å². The zero-order chi connectivity index (χ0) is 21.3. The van der Waals surface area contributed by atoms with Crippen LogP contribution in [-0.2, 0) is 0 Å². The third kappa shape index (κ3) is 2.79. The molecule has 1 aromatic heterocycles. The second-order valence-electron chi connectivity index (χ2n) is 9.10. The molecule has 0 amide bonds. The van der Waals surface area contributed by atoms with Crippen molar-refractivity contribution in [2.45, 2.75) is 57.3 Å². The molecule has 4 atom stereocenters. The number of nitrogens with zero attached hydrogens (tertiary/aromatic N) is 2. The molecule has 3 fully saturated rings. The van der Waals surface area contributed by atoms with Gasteiger partial charge in [0.25, 0.3) is 5.56 Å². The van der Waals surface area contributed by atoms with Crippen molar-refractivity contribution in [2.24, 2.45) is 11.8 Å². The highest BCUT2D eigenvalue weighted by Crippen LogP contribution is 2.44. The van der Waals surface area contributed by atoms with E-state index in [0.29, 0.717) is 30.6 Å². The van der Waals surface area contributed by atoms with E-state index in [-0.39, 0.29) is 34.6 Å². The van der Waals surface area contributed by atoms with Crippen LogP contribution >= 0.6 is 0 Å². The van der Waals surface area contributed by atoms with Gasteiger partial charge in [-0.25, -0.2) is 9.18 Å². The maximum Gasteiger partial charge on any atom is 0.329 e. The number of nitrogens with one attached hydrogen (secondary N) is 1. The normalized spacial score (nSPS) is 29.3. The van der Waals surface area contributed by atoms with Crippen LogP contribution in [0.5, 0.6) is 0 Å². The molecule has 1 aromatic carbocycles. The van der Waals surface area contributed by atoms with Crippen LogP contribution in [0.25, 0.3) is 10.9 Å². The predicted octanol–water partition coefficient (Wildman–Crippen LogP) is 1.01. The van der Waals surface area contributed by atoms with Crippen LogP contribution < -0.4 is 21.9 Å². The highest BCUT2D eigenvalue weighted by atomic mass is 19.1. The maximum absolute atomic E-state index is 15.5. The Morgan fingerprint density at radius 3 is 2.57 bits per heavy atom. The lowest BCUT2D eigenvalue weighted by molar-refractivity contribution is -0.0161. The van der Waals surface area contributed by atoms with E-state index in [9.17, 15) is 19.8 Å². The summed E-state index contributed by atoms with van der Waals surface area (Å²) in [5, 5.41) is 20.8. The number of hydrogen-bond acceptors (Lipinski definition) is 6. The maximum atomic E-state index is 15.5. The molecule has 0 bridgehead atoms. The Labute approximate surface area is 172 Å². The first-order chi connectivity index (χ1) is 14.3.